The second kappa shape index (κ2) is 13.9. The van der Waals surface area contributed by atoms with E-state index < -0.39 is 80.3 Å². The molecule has 1 atom stereocenters. The summed E-state index contributed by atoms with van der Waals surface area (Å²) in [4.78, 5) is 23.1. The molecule has 1 N–H and O–H groups in total. The summed E-state index contributed by atoms with van der Waals surface area (Å²) in [6, 6.07) is 5.31. The molecule has 1 aromatic carbocycles. The third kappa shape index (κ3) is 8.73. The Balaban J connectivity index is 3.11. The summed E-state index contributed by atoms with van der Waals surface area (Å²) in [6.45, 7) is -0.463. The van der Waals surface area contributed by atoms with Gasteiger partial charge in [-0.25, -0.2) is 9.59 Å². The van der Waals surface area contributed by atoms with Crippen LogP contribution in [0.3, 0.4) is 0 Å². The lowest BCUT2D eigenvalue weighted by Gasteiger charge is -2.38. The molecular weight excluding hydrogens is 607 g/mol. The molecule has 0 heterocycles. The van der Waals surface area contributed by atoms with Crippen LogP contribution < -0.4 is 4.74 Å². The minimum absolute atomic E-state index is 0.0222. The minimum atomic E-state index is -7.62. The summed E-state index contributed by atoms with van der Waals surface area (Å²) in [5.74, 6) is -30.5. The Kier molecular flexibility index (Phi) is 12.3. The Morgan fingerprint density at radius 2 is 1.43 bits per heavy atom. The molecule has 0 aliphatic carbocycles. The number of hydrogen-bond donors (Lipinski definition) is 1. The molecule has 0 bridgehead atoms. The van der Waals surface area contributed by atoms with Gasteiger partial charge in [0.25, 0.3) is 0 Å². The van der Waals surface area contributed by atoms with Gasteiger partial charge < -0.3 is 19.3 Å². The highest BCUT2D eigenvalue weighted by molar-refractivity contribution is 5.72. The third-order valence-corrected chi connectivity index (χ3v) is 5.41. The van der Waals surface area contributed by atoms with E-state index in [4.69, 9.17) is 14.6 Å². The van der Waals surface area contributed by atoms with Crippen LogP contribution in [0.15, 0.2) is 24.3 Å². The quantitative estimate of drug-likeness (QED) is 0.215. The SMILES string of the molecule is CCOC(Cc1ccc(OCCN(CC(F)(F)C(F)(F)C(F)(F)C(F)(F)C(F)(F)F)C(=O)OCC(C)C)cc1)C(=O)O. The first-order valence-electron chi connectivity index (χ1n) is 12.1. The number of nitrogens with zero attached hydrogens (tertiary/aromatic N) is 1. The maximum Gasteiger partial charge on any atom is 0.460 e. The first kappa shape index (κ1) is 37.0. The van der Waals surface area contributed by atoms with Crippen LogP contribution in [0.5, 0.6) is 5.75 Å². The van der Waals surface area contributed by atoms with Crippen molar-refractivity contribution in [1.29, 1.82) is 0 Å². The summed E-state index contributed by atoms with van der Waals surface area (Å²) in [6.07, 6.45) is -10.3. The molecule has 0 aromatic heterocycles. The van der Waals surface area contributed by atoms with Crippen molar-refractivity contribution in [3.8, 4) is 5.75 Å². The van der Waals surface area contributed by atoms with Crippen LogP contribution in [0.25, 0.3) is 0 Å². The summed E-state index contributed by atoms with van der Waals surface area (Å²) in [5.41, 5.74) is 0.459. The van der Waals surface area contributed by atoms with Crippen molar-refractivity contribution < 1.29 is 77.2 Å². The van der Waals surface area contributed by atoms with E-state index in [-0.39, 0.29) is 23.7 Å². The van der Waals surface area contributed by atoms with E-state index in [1.54, 1.807) is 6.92 Å². The average molecular weight is 635 g/mol. The lowest BCUT2D eigenvalue weighted by atomic mass is 9.97. The summed E-state index contributed by atoms with van der Waals surface area (Å²) in [7, 11) is 0. The Morgan fingerprint density at radius 3 is 1.88 bits per heavy atom. The lowest BCUT2D eigenvalue weighted by molar-refractivity contribution is -0.422. The van der Waals surface area contributed by atoms with Gasteiger partial charge in [0, 0.05) is 13.0 Å². The summed E-state index contributed by atoms with van der Waals surface area (Å²) in [5, 5.41) is 9.13. The number of carboxylic acids is 1. The number of halogens is 11. The molecule has 42 heavy (non-hydrogen) atoms. The first-order valence-corrected chi connectivity index (χ1v) is 12.1. The van der Waals surface area contributed by atoms with Gasteiger partial charge in [0.1, 0.15) is 12.4 Å². The normalized spacial score (nSPS) is 14.1. The number of benzene rings is 1. The fourth-order valence-corrected chi connectivity index (χ4v) is 3.14. The molecule has 0 aliphatic heterocycles. The molecule has 1 rings (SSSR count). The van der Waals surface area contributed by atoms with Gasteiger partial charge in [-0.05, 0) is 30.5 Å². The standard InChI is InChI=1S/C24H28F11NO6/c1-4-40-17(18(37)38)11-15-5-7-16(8-6-15)41-10-9-36(19(39)42-12-14(2)3)13-20(25,26)21(27,28)22(29,30)23(31,32)24(33,34)35/h5-8,14,17H,4,9-13H2,1-3H3,(H,37,38). The lowest BCUT2D eigenvalue weighted by Crippen LogP contribution is -2.68. The molecule has 18 heteroatoms. The fraction of sp³-hybridized carbons (Fsp3) is 0.667. The van der Waals surface area contributed by atoms with E-state index in [9.17, 15) is 57.9 Å². The van der Waals surface area contributed by atoms with Crippen LogP contribution in [0.2, 0.25) is 0 Å². The van der Waals surface area contributed by atoms with Gasteiger partial charge in [0.15, 0.2) is 6.10 Å². The highest BCUT2D eigenvalue weighted by Crippen LogP contribution is 2.57. The topological polar surface area (TPSA) is 85.3 Å². The maximum atomic E-state index is 14.4. The van der Waals surface area contributed by atoms with E-state index in [2.05, 4.69) is 4.74 Å². The van der Waals surface area contributed by atoms with Crippen LogP contribution in [-0.2, 0) is 20.7 Å². The Labute approximate surface area is 232 Å². The van der Waals surface area contributed by atoms with Crippen molar-refractivity contribution in [2.75, 3.05) is 32.9 Å². The van der Waals surface area contributed by atoms with Gasteiger partial charge in [-0.2, -0.15) is 48.3 Å². The molecule has 242 valence electrons. The Bertz CT molecular complexity index is 1030. The monoisotopic (exact) mass is 635 g/mol. The van der Waals surface area contributed by atoms with Gasteiger partial charge in [-0.3, -0.25) is 4.90 Å². The highest BCUT2D eigenvalue weighted by Gasteiger charge is 2.87. The van der Waals surface area contributed by atoms with Gasteiger partial charge in [-0.15, -0.1) is 0 Å². The van der Waals surface area contributed by atoms with E-state index in [0.29, 0.717) is 5.56 Å². The van der Waals surface area contributed by atoms with Crippen LogP contribution in [-0.4, -0.2) is 90.9 Å². The number of hydrogen-bond acceptors (Lipinski definition) is 5. The Hall–Kier alpha value is -3.05. The number of carbonyl (C=O) groups is 2. The molecule has 0 radical (unpaired) electrons. The number of rotatable bonds is 16. The van der Waals surface area contributed by atoms with E-state index >= 15 is 0 Å². The molecule has 1 amide bonds. The summed E-state index contributed by atoms with van der Waals surface area (Å²) < 4.78 is 162. The minimum Gasteiger partial charge on any atom is -0.492 e. The number of carbonyl (C=O) groups excluding carboxylic acids is 1. The molecule has 0 spiro atoms. The van der Waals surface area contributed by atoms with Gasteiger partial charge in [-0.1, -0.05) is 26.0 Å². The average Bonchev–Trinajstić information content (AvgIpc) is 2.86. The Morgan fingerprint density at radius 1 is 0.881 bits per heavy atom. The summed E-state index contributed by atoms with van der Waals surface area (Å²) >= 11 is 0. The first-order chi connectivity index (χ1) is 19.0. The second-order valence-corrected chi connectivity index (χ2v) is 9.30. The molecular formula is C24H28F11NO6. The van der Waals surface area contributed by atoms with Crippen LogP contribution >= 0.6 is 0 Å². The molecule has 7 nitrogen and oxygen atoms in total. The predicted octanol–water partition coefficient (Wildman–Crippen LogP) is 6.30. The van der Waals surface area contributed by atoms with Crippen molar-refractivity contribution in [3.63, 3.8) is 0 Å². The zero-order chi connectivity index (χ0) is 32.7. The van der Waals surface area contributed by atoms with Gasteiger partial charge in [0.05, 0.1) is 19.7 Å². The highest BCUT2D eigenvalue weighted by atomic mass is 19.4. The van der Waals surface area contributed by atoms with Gasteiger partial charge in [0.2, 0.25) is 0 Å². The molecule has 1 unspecified atom stereocenters. The molecule has 0 saturated heterocycles. The zero-order valence-electron chi connectivity index (χ0n) is 22.3. The van der Waals surface area contributed by atoms with Crippen molar-refractivity contribution in [2.24, 2.45) is 5.92 Å². The van der Waals surface area contributed by atoms with Crippen LogP contribution in [0.1, 0.15) is 26.3 Å². The molecule has 0 fully saturated rings. The maximum absolute atomic E-state index is 14.4. The van der Waals surface area contributed by atoms with Crippen molar-refractivity contribution in [2.45, 2.75) is 63.2 Å². The largest absolute Gasteiger partial charge is 0.492 e. The van der Waals surface area contributed by atoms with E-state index in [0.717, 1.165) is 0 Å². The molecule has 1 aromatic rings. The number of carboxylic acid groups (broad SMARTS) is 1. The zero-order valence-corrected chi connectivity index (χ0v) is 22.3. The fourth-order valence-electron chi connectivity index (χ4n) is 3.14. The molecule has 0 aliphatic rings. The van der Waals surface area contributed by atoms with Crippen molar-refractivity contribution >= 4 is 12.1 Å². The van der Waals surface area contributed by atoms with Crippen LogP contribution in [0, 0.1) is 5.92 Å². The second-order valence-electron chi connectivity index (χ2n) is 9.30. The van der Waals surface area contributed by atoms with Crippen LogP contribution in [0.4, 0.5) is 53.1 Å². The number of ether oxygens (including phenoxy) is 3. The smallest absolute Gasteiger partial charge is 0.460 e. The third-order valence-electron chi connectivity index (χ3n) is 5.41. The van der Waals surface area contributed by atoms with Gasteiger partial charge >= 0.3 is 41.9 Å². The number of aliphatic carboxylic acids is 1. The van der Waals surface area contributed by atoms with E-state index in [1.807, 2.05) is 0 Å². The van der Waals surface area contributed by atoms with E-state index in [1.165, 1.54) is 38.1 Å². The van der Waals surface area contributed by atoms with Crippen molar-refractivity contribution in [1.82, 2.24) is 4.90 Å². The number of amides is 1. The molecule has 0 saturated carbocycles. The number of alkyl halides is 11. The predicted molar refractivity (Wildman–Crippen MR) is 122 cm³/mol. The van der Waals surface area contributed by atoms with Crippen molar-refractivity contribution in [3.05, 3.63) is 29.8 Å².